The van der Waals surface area contributed by atoms with Crippen molar-refractivity contribution in [3.63, 3.8) is 0 Å². The molecule has 1 aromatic carbocycles. The molecule has 1 heterocycles. The zero-order valence-electron chi connectivity index (χ0n) is 14.1. The van der Waals surface area contributed by atoms with Gasteiger partial charge in [0.25, 0.3) is 5.91 Å². The maximum absolute atomic E-state index is 12.6. The van der Waals surface area contributed by atoms with Gasteiger partial charge in [-0.25, -0.2) is 4.98 Å². The molecule has 2 rings (SSSR count). The van der Waals surface area contributed by atoms with E-state index in [1.54, 1.807) is 12.1 Å². The van der Waals surface area contributed by atoms with Gasteiger partial charge in [0.05, 0.1) is 21.3 Å². The van der Waals surface area contributed by atoms with Crippen LogP contribution >= 0.6 is 27.3 Å². The second-order valence-electron chi connectivity index (χ2n) is 5.20. The van der Waals surface area contributed by atoms with E-state index >= 15 is 0 Å². The van der Waals surface area contributed by atoms with Gasteiger partial charge in [0, 0.05) is 22.7 Å². The Morgan fingerprint density at radius 2 is 1.75 bits per heavy atom. The Morgan fingerprint density at radius 1 is 1.17 bits per heavy atom. The highest BCUT2D eigenvalue weighted by Crippen LogP contribution is 2.40. The summed E-state index contributed by atoms with van der Waals surface area (Å²) in [7, 11) is 4.58. The summed E-state index contributed by atoms with van der Waals surface area (Å²) < 4.78 is 16.5. The van der Waals surface area contributed by atoms with Gasteiger partial charge in [-0.3, -0.25) is 4.79 Å². The van der Waals surface area contributed by atoms with E-state index < -0.39 is 0 Å². The lowest BCUT2D eigenvalue weighted by molar-refractivity contribution is 0.102. The molecule has 2 aromatic rings. The molecule has 1 amide bonds. The van der Waals surface area contributed by atoms with Gasteiger partial charge >= 0.3 is 0 Å². The second kappa shape index (κ2) is 7.85. The Bertz CT molecular complexity index is 721. The van der Waals surface area contributed by atoms with Gasteiger partial charge in [-0.1, -0.05) is 13.8 Å². The number of methoxy groups -OCH3 is 3. The fourth-order valence-electron chi connectivity index (χ4n) is 2.20. The highest BCUT2D eigenvalue weighted by molar-refractivity contribution is 9.11. The van der Waals surface area contributed by atoms with Gasteiger partial charge < -0.3 is 19.5 Å². The standard InChI is InChI=1S/C16H19BrN2O4S/c1-8(2)14-12(19-16(17)24-14)15(20)18-9-6-10(21-3)13(23-5)11(7-9)22-4/h6-8H,1-5H3,(H,18,20). The van der Waals surface area contributed by atoms with E-state index in [0.29, 0.717) is 32.5 Å². The van der Waals surface area contributed by atoms with Gasteiger partial charge in [-0.05, 0) is 21.8 Å². The molecule has 0 bridgehead atoms. The molecule has 1 N–H and O–H groups in total. The summed E-state index contributed by atoms with van der Waals surface area (Å²) >= 11 is 4.80. The molecule has 0 spiro atoms. The van der Waals surface area contributed by atoms with E-state index in [4.69, 9.17) is 14.2 Å². The highest BCUT2D eigenvalue weighted by atomic mass is 79.9. The van der Waals surface area contributed by atoms with Crippen LogP contribution in [0.25, 0.3) is 0 Å². The quantitative estimate of drug-likeness (QED) is 0.762. The summed E-state index contributed by atoms with van der Waals surface area (Å²) in [6, 6.07) is 3.35. The number of anilines is 1. The average Bonchev–Trinajstić information content (AvgIpc) is 2.96. The molecule has 0 radical (unpaired) electrons. The predicted octanol–water partition coefficient (Wildman–Crippen LogP) is 4.31. The van der Waals surface area contributed by atoms with Crippen LogP contribution in [0, 0.1) is 0 Å². The fraction of sp³-hybridized carbons (Fsp3) is 0.375. The Balaban J connectivity index is 2.36. The topological polar surface area (TPSA) is 69.7 Å². The minimum Gasteiger partial charge on any atom is -0.493 e. The van der Waals surface area contributed by atoms with Crippen LogP contribution < -0.4 is 19.5 Å². The van der Waals surface area contributed by atoms with Gasteiger partial charge in [0.15, 0.2) is 15.4 Å². The molecule has 0 saturated carbocycles. The van der Waals surface area contributed by atoms with Crippen molar-refractivity contribution in [3.05, 3.63) is 26.6 Å². The molecular weight excluding hydrogens is 396 g/mol. The Hall–Kier alpha value is -1.80. The molecule has 8 heteroatoms. The maximum atomic E-state index is 12.6. The van der Waals surface area contributed by atoms with E-state index in [9.17, 15) is 4.79 Å². The molecule has 0 aliphatic rings. The number of carbonyl (C=O) groups is 1. The number of thiazole rings is 1. The summed E-state index contributed by atoms with van der Waals surface area (Å²) in [6.07, 6.45) is 0. The first-order valence-electron chi connectivity index (χ1n) is 7.18. The minimum absolute atomic E-state index is 0.203. The molecule has 0 unspecified atom stereocenters. The zero-order valence-corrected chi connectivity index (χ0v) is 16.5. The van der Waals surface area contributed by atoms with Crippen molar-refractivity contribution in [1.29, 1.82) is 0 Å². The number of halogens is 1. The first-order chi connectivity index (χ1) is 11.4. The van der Waals surface area contributed by atoms with Gasteiger partial charge in [0.2, 0.25) is 5.75 Å². The number of nitrogens with one attached hydrogen (secondary N) is 1. The molecule has 0 fully saturated rings. The monoisotopic (exact) mass is 414 g/mol. The predicted molar refractivity (Wildman–Crippen MR) is 98.0 cm³/mol. The minimum atomic E-state index is -0.282. The molecule has 6 nitrogen and oxygen atoms in total. The molecule has 24 heavy (non-hydrogen) atoms. The smallest absolute Gasteiger partial charge is 0.275 e. The normalized spacial score (nSPS) is 10.6. The highest BCUT2D eigenvalue weighted by Gasteiger charge is 2.21. The lowest BCUT2D eigenvalue weighted by Crippen LogP contribution is -2.15. The van der Waals surface area contributed by atoms with Crippen LogP contribution in [0.15, 0.2) is 16.0 Å². The second-order valence-corrected chi connectivity index (χ2v) is 7.51. The Morgan fingerprint density at radius 3 is 2.21 bits per heavy atom. The van der Waals surface area contributed by atoms with E-state index in [-0.39, 0.29) is 11.8 Å². The van der Waals surface area contributed by atoms with E-state index in [2.05, 4.69) is 26.2 Å². The first kappa shape index (κ1) is 18.5. The zero-order chi connectivity index (χ0) is 17.9. The van der Waals surface area contributed by atoms with E-state index in [1.165, 1.54) is 32.7 Å². The number of carbonyl (C=O) groups excluding carboxylic acids is 1. The van der Waals surface area contributed by atoms with Crippen molar-refractivity contribution in [3.8, 4) is 17.2 Å². The molecule has 0 aliphatic carbocycles. The van der Waals surface area contributed by atoms with E-state index in [0.717, 1.165) is 4.88 Å². The van der Waals surface area contributed by atoms with Crippen molar-refractivity contribution in [2.75, 3.05) is 26.6 Å². The number of hydrogen-bond donors (Lipinski definition) is 1. The fourth-order valence-corrected chi connectivity index (χ4v) is 3.69. The lowest BCUT2D eigenvalue weighted by atomic mass is 10.1. The summed E-state index contributed by atoms with van der Waals surface area (Å²) in [5.74, 6) is 1.33. The Labute approximate surface area is 153 Å². The summed E-state index contributed by atoms with van der Waals surface area (Å²) in [4.78, 5) is 17.8. The summed E-state index contributed by atoms with van der Waals surface area (Å²) in [6.45, 7) is 4.05. The SMILES string of the molecule is COc1cc(NC(=O)c2nc(Br)sc2C(C)C)cc(OC)c1OC. The van der Waals surface area contributed by atoms with Crippen LogP contribution in [0.2, 0.25) is 0 Å². The van der Waals surface area contributed by atoms with Crippen molar-refractivity contribution in [1.82, 2.24) is 4.98 Å². The van der Waals surface area contributed by atoms with Crippen LogP contribution in [0.4, 0.5) is 5.69 Å². The summed E-state index contributed by atoms with van der Waals surface area (Å²) in [5, 5.41) is 2.84. The number of amides is 1. The third kappa shape index (κ3) is 3.81. The van der Waals surface area contributed by atoms with Crippen LogP contribution in [0.5, 0.6) is 17.2 Å². The van der Waals surface area contributed by atoms with Gasteiger partial charge in [-0.2, -0.15) is 0 Å². The number of ether oxygens (including phenoxy) is 3. The molecule has 0 aliphatic heterocycles. The average molecular weight is 415 g/mol. The number of nitrogens with zero attached hydrogens (tertiary/aromatic N) is 1. The lowest BCUT2D eigenvalue weighted by Gasteiger charge is -2.14. The van der Waals surface area contributed by atoms with Crippen LogP contribution in [0.3, 0.4) is 0 Å². The van der Waals surface area contributed by atoms with Gasteiger partial charge in [0.1, 0.15) is 5.69 Å². The molecule has 0 atom stereocenters. The maximum Gasteiger partial charge on any atom is 0.275 e. The van der Waals surface area contributed by atoms with Gasteiger partial charge in [-0.15, -0.1) is 11.3 Å². The third-order valence-corrected chi connectivity index (χ3v) is 5.10. The van der Waals surface area contributed by atoms with Crippen molar-refractivity contribution >= 4 is 38.9 Å². The van der Waals surface area contributed by atoms with Crippen molar-refractivity contribution < 1.29 is 19.0 Å². The molecule has 1 aromatic heterocycles. The number of rotatable bonds is 6. The van der Waals surface area contributed by atoms with E-state index in [1.807, 2.05) is 13.8 Å². The van der Waals surface area contributed by atoms with Crippen LogP contribution in [-0.2, 0) is 0 Å². The van der Waals surface area contributed by atoms with Crippen molar-refractivity contribution in [2.24, 2.45) is 0 Å². The largest absolute Gasteiger partial charge is 0.493 e. The number of aromatic nitrogens is 1. The molecule has 130 valence electrons. The van der Waals surface area contributed by atoms with Crippen LogP contribution in [0.1, 0.15) is 35.1 Å². The summed E-state index contributed by atoms with van der Waals surface area (Å²) in [5.41, 5.74) is 0.948. The van der Waals surface area contributed by atoms with Crippen molar-refractivity contribution in [2.45, 2.75) is 19.8 Å². The molecular formula is C16H19BrN2O4S. The number of benzene rings is 1. The molecule has 0 saturated heterocycles. The van der Waals surface area contributed by atoms with Crippen LogP contribution in [-0.4, -0.2) is 32.2 Å². The third-order valence-electron chi connectivity index (χ3n) is 3.29. The number of hydrogen-bond acceptors (Lipinski definition) is 6. The Kier molecular flexibility index (Phi) is 6.06. The first-order valence-corrected chi connectivity index (χ1v) is 8.79.